The Balaban J connectivity index is 1.86. The van der Waals surface area contributed by atoms with Crippen LogP contribution in [0, 0.1) is 5.92 Å². The summed E-state index contributed by atoms with van der Waals surface area (Å²) in [5, 5.41) is 17.5. The number of nitrogens with one attached hydrogen (secondary N) is 2. The number of anilines is 1. The van der Waals surface area contributed by atoms with Gasteiger partial charge in [-0.15, -0.1) is 21.5 Å². The number of hydrogen-bond donors (Lipinski definition) is 2. The second-order valence-electron chi connectivity index (χ2n) is 6.84. The van der Waals surface area contributed by atoms with Gasteiger partial charge in [0.15, 0.2) is 4.34 Å². The maximum absolute atomic E-state index is 12.3. The number of thioether (sulfide) groups is 1. The molecule has 0 bridgehead atoms. The van der Waals surface area contributed by atoms with E-state index in [2.05, 4.69) is 61.5 Å². The highest BCUT2D eigenvalue weighted by atomic mass is 32.2. The fourth-order valence-electron chi connectivity index (χ4n) is 2.02. The first-order chi connectivity index (χ1) is 11.2. The molecule has 0 aromatic carbocycles. The minimum absolute atomic E-state index is 0.0210. The quantitative estimate of drug-likeness (QED) is 0.692. The van der Waals surface area contributed by atoms with Crippen molar-refractivity contribution in [2.75, 3.05) is 11.1 Å². The first-order valence-corrected chi connectivity index (χ1v) is 10.5. The van der Waals surface area contributed by atoms with Gasteiger partial charge in [0.25, 0.3) is 0 Å². The summed E-state index contributed by atoms with van der Waals surface area (Å²) in [7, 11) is 0. The van der Waals surface area contributed by atoms with Gasteiger partial charge in [0.2, 0.25) is 11.0 Å². The Bertz CT molecular complexity index is 647. The zero-order chi connectivity index (χ0) is 17.7. The molecule has 0 fully saturated rings. The Kier molecular flexibility index (Phi) is 6.65. The van der Waals surface area contributed by atoms with E-state index in [4.69, 9.17) is 0 Å². The largest absolute Gasteiger partial charge is 0.355 e. The Morgan fingerprint density at radius 2 is 2.08 bits per heavy atom. The van der Waals surface area contributed by atoms with Crippen molar-refractivity contribution in [2.45, 2.75) is 50.5 Å². The van der Waals surface area contributed by atoms with Crippen LogP contribution >= 0.6 is 34.4 Å². The van der Waals surface area contributed by atoms with E-state index in [1.54, 1.807) is 11.3 Å². The van der Waals surface area contributed by atoms with Crippen molar-refractivity contribution in [3.63, 3.8) is 0 Å². The summed E-state index contributed by atoms with van der Waals surface area (Å²) in [6.07, 6.45) is 0. The van der Waals surface area contributed by atoms with E-state index in [0.29, 0.717) is 11.7 Å². The van der Waals surface area contributed by atoms with Gasteiger partial charge in [0.1, 0.15) is 0 Å². The van der Waals surface area contributed by atoms with Crippen molar-refractivity contribution in [3.05, 3.63) is 22.4 Å². The standard InChI is InChI=1S/C16H24N4OS3/c1-10(2)13(11-7-6-8-22-11)17-12(21)9-23-15-20-19-14(24-15)18-16(3,4)5/h6-8,10,13H,9H2,1-5H3,(H,17,21)(H,18,19)/t13-/m0/s1. The molecule has 132 valence electrons. The Morgan fingerprint density at radius 3 is 2.67 bits per heavy atom. The molecule has 2 aromatic heterocycles. The first kappa shape index (κ1) is 19.2. The van der Waals surface area contributed by atoms with Crippen LogP contribution in [0.25, 0.3) is 0 Å². The van der Waals surface area contributed by atoms with Crippen LogP contribution in [-0.2, 0) is 4.79 Å². The third kappa shape index (κ3) is 6.07. The lowest BCUT2D eigenvalue weighted by atomic mass is 10.0. The van der Waals surface area contributed by atoms with E-state index >= 15 is 0 Å². The molecule has 0 spiro atoms. The van der Waals surface area contributed by atoms with Gasteiger partial charge in [0, 0.05) is 10.4 Å². The van der Waals surface area contributed by atoms with E-state index < -0.39 is 0 Å². The summed E-state index contributed by atoms with van der Waals surface area (Å²) >= 11 is 4.57. The monoisotopic (exact) mass is 384 g/mol. The summed E-state index contributed by atoms with van der Waals surface area (Å²) in [5.41, 5.74) is -0.0515. The highest BCUT2D eigenvalue weighted by Crippen LogP contribution is 2.28. The minimum atomic E-state index is -0.0515. The van der Waals surface area contributed by atoms with Gasteiger partial charge < -0.3 is 10.6 Å². The highest BCUT2D eigenvalue weighted by Gasteiger charge is 2.20. The molecule has 5 nitrogen and oxygen atoms in total. The van der Waals surface area contributed by atoms with Crippen LogP contribution < -0.4 is 10.6 Å². The SMILES string of the molecule is CC(C)[C@H](NC(=O)CSc1nnc(NC(C)(C)C)s1)c1cccs1. The van der Waals surface area contributed by atoms with Crippen molar-refractivity contribution >= 4 is 45.5 Å². The van der Waals surface area contributed by atoms with Crippen molar-refractivity contribution < 1.29 is 4.79 Å². The lowest BCUT2D eigenvalue weighted by molar-refractivity contribution is -0.119. The fourth-order valence-corrected chi connectivity index (χ4v) is 4.74. The smallest absolute Gasteiger partial charge is 0.230 e. The Labute approximate surface area is 155 Å². The highest BCUT2D eigenvalue weighted by molar-refractivity contribution is 8.01. The Morgan fingerprint density at radius 1 is 1.33 bits per heavy atom. The molecule has 0 aliphatic heterocycles. The van der Waals surface area contributed by atoms with Crippen molar-refractivity contribution in [1.82, 2.24) is 15.5 Å². The minimum Gasteiger partial charge on any atom is -0.355 e. The van der Waals surface area contributed by atoms with Crippen molar-refractivity contribution in [1.29, 1.82) is 0 Å². The van der Waals surface area contributed by atoms with Gasteiger partial charge in [0.05, 0.1) is 11.8 Å². The summed E-state index contributed by atoms with van der Waals surface area (Å²) in [6.45, 7) is 10.5. The number of aromatic nitrogens is 2. The number of nitrogens with zero attached hydrogens (tertiary/aromatic N) is 2. The van der Waals surface area contributed by atoms with Crippen LogP contribution in [0.1, 0.15) is 45.5 Å². The number of thiophene rings is 1. The van der Waals surface area contributed by atoms with E-state index in [1.165, 1.54) is 28.0 Å². The molecule has 0 saturated carbocycles. The predicted molar refractivity (Wildman–Crippen MR) is 104 cm³/mol. The van der Waals surface area contributed by atoms with Crippen LogP contribution in [0.3, 0.4) is 0 Å². The van der Waals surface area contributed by atoms with Crippen molar-refractivity contribution in [3.8, 4) is 0 Å². The third-order valence-corrected chi connectivity index (χ3v) is 5.98. The molecule has 1 amide bonds. The average Bonchev–Trinajstić information content (AvgIpc) is 3.12. The normalized spacial score (nSPS) is 13.1. The first-order valence-electron chi connectivity index (χ1n) is 7.82. The van der Waals surface area contributed by atoms with E-state index in [-0.39, 0.29) is 17.5 Å². The van der Waals surface area contributed by atoms with Crippen LogP contribution in [0.15, 0.2) is 21.9 Å². The molecule has 2 N–H and O–H groups in total. The van der Waals surface area contributed by atoms with Crippen LogP contribution in [0.2, 0.25) is 0 Å². The summed E-state index contributed by atoms with van der Waals surface area (Å²) in [6, 6.07) is 4.14. The molecule has 2 rings (SSSR count). The maximum Gasteiger partial charge on any atom is 0.230 e. The topological polar surface area (TPSA) is 66.9 Å². The summed E-state index contributed by atoms with van der Waals surface area (Å²) in [4.78, 5) is 13.5. The second-order valence-corrected chi connectivity index (χ2v) is 10.0. The molecule has 0 aliphatic carbocycles. The van der Waals surface area contributed by atoms with Gasteiger partial charge in [-0.25, -0.2) is 0 Å². The molecule has 0 saturated heterocycles. The molecule has 24 heavy (non-hydrogen) atoms. The van der Waals surface area contributed by atoms with Crippen LogP contribution in [0.5, 0.6) is 0 Å². The Hall–Kier alpha value is -1.12. The molecular formula is C16H24N4OS3. The van der Waals surface area contributed by atoms with Gasteiger partial charge in [-0.05, 0) is 38.1 Å². The van der Waals surface area contributed by atoms with E-state index in [1.807, 2.05) is 11.4 Å². The number of carbonyl (C=O) groups excluding carboxylic acids is 1. The van der Waals surface area contributed by atoms with Crippen LogP contribution in [-0.4, -0.2) is 27.4 Å². The molecule has 1 atom stereocenters. The molecule has 0 aliphatic rings. The average molecular weight is 385 g/mol. The van der Waals surface area contributed by atoms with E-state index in [9.17, 15) is 4.79 Å². The number of carbonyl (C=O) groups is 1. The molecule has 0 unspecified atom stereocenters. The molecule has 8 heteroatoms. The molecule has 0 radical (unpaired) electrons. The van der Waals surface area contributed by atoms with Gasteiger partial charge in [-0.2, -0.15) is 0 Å². The van der Waals surface area contributed by atoms with Gasteiger partial charge in [-0.3, -0.25) is 4.79 Å². The lowest BCUT2D eigenvalue weighted by Gasteiger charge is -2.21. The third-order valence-electron chi connectivity index (χ3n) is 3.05. The number of rotatable bonds is 7. The number of hydrogen-bond acceptors (Lipinski definition) is 7. The lowest BCUT2D eigenvalue weighted by Crippen LogP contribution is -2.32. The molecule has 2 aromatic rings. The predicted octanol–water partition coefficient (Wildman–Crippen LogP) is 4.42. The van der Waals surface area contributed by atoms with Crippen LogP contribution in [0.4, 0.5) is 5.13 Å². The zero-order valence-electron chi connectivity index (χ0n) is 14.6. The second kappa shape index (κ2) is 8.31. The summed E-state index contributed by atoms with van der Waals surface area (Å²) in [5.74, 6) is 0.716. The van der Waals surface area contributed by atoms with Gasteiger partial charge >= 0.3 is 0 Å². The zero-order valence-corrected chi connectivity index (χ0v) is 17.1. The van der Waals surface area contributed by atoms with Gasteiger partial charge in [-0.1, -0.05) is 43.0 Å². The van der Waals surface area contributed by atoms with Crippen molar-refractivity contribution in [2.24, 2.45) is 5.92 Å². The number of amides is 1. The fraction of sp³-hybridized carbons (Fsp3) is 0.562. The maximum atomic E-state index is 12.3. The molecule has 2 heterocycles. The van der Waals surface area contributed by atoms with E-state index in [0.717, 1.165) is 9.47 Å². The molecular weight excluding hydrogens is 360 g/mol. The summed E-state index contributed by atoms with van der Waals surface area (Å²) < 4.78 is 0.800.